The number of anilines is 1. The zero-order valence-corrected chi connectivity index (χ0v) is 11.1. The Morgan fingerprint density at radius 3 is 2.50 bits per heavy atom. The molecule has 98 valence electrons. The number of aromatic nitrogens is 2. The molecule has 1 aliphatic rings. The zero-order chi connectivity index (χ0) is 13.4. The first-order chi connectivity index (χ1) is 8.51. The Bertz CT molecular complexity index is 506. The van der Waals surface area contributed by atoms with Crippen LogP contribution in [-0.4, -0.2) is 39.6 Å². The molecule has 0 fully saturated rings. The van der Waals surface area contributed by atoms with Crippen molar-refractivity contribution >= 4 is 17.5 Å². The summed E-state index contributed by atoms with van der Waals surface area (Å²) in [4.78, 5) is 26.0. The smallest absolute Gasteiger partial charge is 0.274 e. The maximum Gasteiger partial charge on any atom is 0.274 e. The van der Waals surface area contributed by atoms with E-state index in [1.165, 1.54) is 4.90 Å². The van der Waals surface area contributed by atoms with Gasteiger partial charge in [0.1, 0.15) is 11.7 Å². The van der Waals surface area contributed by atoms with Crippen molar-refractivity contribution in [3.63, 3.8) is 0 Å². The Labute approximate surface area is 106 Å². The van der Waals surface area contributed by atoms with E-state index < -0.39 is 6.04 Å². The Hall–Kier alpha value is -1.85. The number of nitrogens with zero attached hydrogens (tertiary/aromatic N) is 3. The van der Waals surface area contributed by atoms with Crippen LogP contribution in [0.3, 0.4) is 0 Å². The number of fused-ring (bicyclic) bond motifs is 1. The molecule has 18 heavy (non-hydrogen) atoms. The van der Waals surface area contributed by atoms with Gasteiger partial charge in [0.15, 0.2) is 0 Å². The first-order valence-electron chi connectivity index (χ1n) is 6.15. The summed E-state index contributed by atoms with van der Waals surface area (Å²) >= 11 is 0. The van der Waals surface area contributed by atoms with Gasteiger partial charge in [-0.15, -0.1) is 0 Å². The van der Waals surface area contributed by atoms with Crippen LogP contribution in [-0.2, 0) is 18.3 Å². The summed E-state index contributed by atoms with van der Waals surface area (Å²) in [6.45, 7) is 3.84. The molecule has 0 radical (unpaired) electrons. The number of aryl methyl sites for hydroxylation is 2. The molecule has 1 aliphatic heterocycles. The summed E-state index contributed by atoms with van der Waals surface area (Å²) in [6, 6.07) is -0.422. The number of hydrogen-bond donors (Lipinski definition) is 1. The van der Waals surface area contributed by atoms with Gasteiger partial charge >= 0.3 is 0 Å². The fourth-order valence-corrected chi connectivity index (χ4v) is 2.35. The molecule has 0 unspecified atom stereocenters. The fraction of sp³-hybridized carbons (Fsp3) is 0.583. The maximum absolute atomic E-state index is 12.4. The highest BCUT2D eigenvalue weighted by Crippen LogP contribution is 2.26. The summed E-state index contributed by atoms with van der Waals surface area (Å²) < 4.78 is 1.55. The molecule has 6 nitrogen and oxygen atoms in total. The van der Waals surface area contributed by atoms with Gasteiger partial charge in [0.05, 0.1) is 11.4 Å². The SMILES string of the molecule is CCc1nn(C)c2c1NC(=O)[C@@H](CC)N(C)C2=O. The second-order valence-corrected chi connectivity index (χ2v) is 4.48. The van der Waals surface area contributed by atoms with Gasteiger partial charge in [-0.1, -0.05) is 13.8 Å². The molecule has 1 atom stereocenters. The molecule has 2 heterocycles. The number of hydrogen-bond acceptors (Lipinski definition) is 3. The average molecular weight is 250 g/mol. The third-order valence-electron chi connectivity index (χ3n) is 3.38. The summed E-state index contributed by atoms with van der Waals surface area (Å²) in [5, 5.41) is 7.12. The first-order valence-corrected chi connectivity index (χ1v) is 6.15. The van der Waals surface area contributed by atoms with E-state index in [1.807, 2.05) is 13.8 Å². The van der Waals surface area contributed by atoms with Gasteiger partial charge < -0.3 is 10.2 Å². The summed E-state index contributed by atoms with van der Waals surface area (Å²) in [5.74, 6) is -0.306. The van der Waals surface area contributed by atoms with Crippen molar-refractivity contribution in [2.45, 2.75) is 32.7 Å². The number of likely N-dealkylation sites (N-methyl/N-ethyl adjacent to an activating group) is 1. The molecule has 0 saturated heterocycles. The van der Waals surface area contributed by atoms with E-state index in [0.717, 1.165) is 5.69 Å². The van der Waals surface area contributed by atoms with Crippen molar-refractivity contribution in [3.05, 3.63) is 11.4 Å². The van der Waals surface area contributed by atoms with E-state index in [0.29, 0.717) is 24.2 Å². The quantitative estimate of drug-likeness (QED) is 0.843. The highest BCUT2D eigenvalue weighted by atomic mass is 16.2. The molecule has 0 bridgehead atoms. The Morgan fingerprint density at radius 1 is 1.28 bits per heavy atom. The summed E-state index contributed by atoms with van der Waals surface area (Å²) in [5.41, 5.74) is 1.77. The standard InChI is InChI=1S/C12H18N4O2/c1-5-7-9-10(16(4)14-7)12(18)15(3)8(6-2)11(17)13-9/h8H,5-6H2,1-4H3,(H,13,17)/t8-/m1/s1. The van der Waals surface area contributed by atoms with Crippen molar-refractivity contribution in [2.24, 2.45) is 7.05 Å². The Balaban J connectivity index is 2.57. The van der Waals surface area contributed by atoms with Gasteiger partial charge in [-0.05, 0) is 12.8 Å². The average Bonchev–Trinajstić information content (AvgIpc) is 2.60. The highest BCUT2D eigenvalue weighted by Gasteiger charge is 2.35. The van der Waals surface area contributed by atoms with Crippen LogP contribution >= 0.6 is 0 Å². The molecule has 6 heteroatoms. The molecule has 0 saturated carbocycles. The summed E-state index contributed by atoms with van der Waals surface area (Å²) in [7, 11) is 3.38. The molecule has 0 aliphatic carbocycles. The minimum Gasteiger partial charge on any atom is -0.328 e. The van der Waals surface area contributed by atoms with E-state index in [4.69, 9.17) is 0 Å². The number of carbonyl (C=O) groups is 2. The van der Waals surface area contributed by atoms with Crippen LogP contribution in [0.4, 0.5) is 5.69 Å². The largest absolute Gasteiger partial charge is 0.328 e. The third-order valence-corrected chi connectivity index (χ3v) is 3.38. The predicted molar refractivity (Wildman–Crippen MR) is 67.4 cm³/mol. The topological polar surface area (TPSA) is 67.2 Å². The normalized spacial score (nSPS) is 19.6. The minimum atomic E-state index is -0.422. The second kappa shape index (κ2) is 4.44. The number of nitrogens with one attached hydrogen (secondary N) is 1. The first kappa shape index (κ1) is 12.6. The van der Waals surface area contributed by atoms with E-state index in [1.54, 1.807) is 18.8 Å². The Morgan fingerprint density at radius 2 is 1.94 bits per heavy atom. The van der Waals surface area contributed by atoms with Crippen molar-refractivity contribution in [1.29, 1.82) is 0 Å². The maximum atomic E-state index is 12.4. The molecule has 1 N–H and O–H groups in total. The van der Waals surface area contributed by atoms with Crippen molar-refractivity contribution in [2.75, 3.05) is 12.4 Å². The number of amides is 2. The zero-order valence-electron chi connectivity index (χ0n) is 11.1. The van der Waals surface area contributed by atoms with Gasteiger partial charge in [0.2, 0.25) is 5.91 Å². The van der Waals surface area contributed by atoms with E-state index in [9.17, 15) is 9.59 Å². The van der Waals surface area contributed by atoms with Crippen molar-refractivity contribution in [3.8, 4) is 0 Å². The van der Waals surface area contributed by atoms with Gasteiger partial charge in [0, 0.05) is 14.1 Å². The van der Waals surface area contributed by atoms with Crippen LogP contribution in [0.15, 0.2) is 0 Å². The molecular weight excluding hydrogens is 232 g/mol. The molecule has 0 aromatic carbocycles. The summed E-state index contributed by atoms with van der Waals surface area (Å²) in [6.07, 6.45) is 1.27. The molecule has 1 aromatic heterocycles. The lowest BCUT2D eigenvalue weighted by Crippen LogP contribution is -2.42. The van der Waals surface area contributed by atoms with Gasteiger partial charge in [-0.3, -0.25) is 14.3 Å². The highest BCUT2D eigenvalue weighted by molar-refractivity contribution is 6.09. The van der Waals surface area contributed by atoms with E-state index >= 15 is 0 Å². The lowest BCUT2D eigenvalue weighted by Gasteiger charge is -2.22. The van der Waals surface area contributed by atoms with Crippen molar-refractivity contribution in [1.82, 2.24) is 14.7 Å². The molecule has 2 amide bonds. The lowest BCUT2D eigenvalue weighted by molar-refractivity contribution is -0.120. The van der Waals surface area contributed by atoms with Gasteiger partial charge in [0.25, 0.3) is 5.91 Å². The minimum absolute atomic E-state index is 0.144. The van der Waals surface area contributed by atoms with Crippen molar-refractivity contribution < 1.29 is 9.59 Å². The predicted octanol–water partition coefficient (Wildman–Crippen LogP) is 0.785. The monoisotopic (exact) mass is 250 g/mol. The molecule has 0 spiro atoms. The fourth-order valence-electron chi connectivity index (χ4n) is 2.35. The number of carbonyl (C=O) groups excluding carboxylic acids is 2. The van der Waals surface area contributed by atoms with Gasteiger partial charge in [-0.25, -0.2) is 0 Å². The van der Waals surface area contributed by atoms with Crippen LogP contribution in [0.5, 0.6) is 0 Å². The second-order valence-electron chi connectivity index (χ2n) is 4.48. The molecular formula is C12H18N4O2. The molecule has 2 rings (SSSR count). The van der Waals surface area contributed by atoms with Crippen LogP contribution < -0.4 is 5.32 Å². The Kier molecular flexibility index (Phi) is 3.11. The van der Waals surface area contributed by atoms with Crippen LogP contribution in [0, 0.1) is 0 Å². The van der Waals surface area contributed by atoms with Gasteiger partial charge in [-0.2, -0.15) is 5.10 Å². The number of rotatable bonds is 2. The third kappa shape index (κ3) is 1.68. The molecule has 1 aromatic rings. The van der Waals surface area contributed by atoms with Crippen LogP contribution in [0.1, 0.15) is 36.5 Å². The van der Waals surface area contributed by atoms with Crippen LogP contribution in [0.25, 0.3) is 0 Å². The van der Waals surface area contributed by atoms with E-state index in [2.05, 4.69) is 10.4 Å². The lowest BCUT2D eigenvalue weighted by atomic mass is 10.2. The van der Waals surface area contributed by atoms with Crippen LogP contribution in [0.2, 0.25) is 0 Å². The van der Waals surface area contributed by atoms with E-state index in [-0.39, 0.29) is 11.8 Å².